The predicted molar refractivity (Wildman–Crippen MR) is 65.5 cm³/mol. The summed E-state index contributed by atoms with van der Waals surface area (Å²) in [5.41, 5.74) is 6.34. The average Bonchev–Trinajstić information content (AvgIpc) is 2.31. The summed E-state index contributed by atoms with van der Waals surface area (Å²) in [7, 11) is 0. The molecule has 16 heavy (non-hydrogen) atoms. The Morgan fingerprint density at radius 2 is 2.44 bits per heavy atom. The molecule has 4 heteroatoms. The number of anilines is 2. The van der Waals surface area contributed by atoms with Gasteiger partial charge in [0.2, 0.25) is 0 Å². The summed E-state index contributed by atoms with van der Waals surface area (Å²) in [6.45, 7) is 4.82. The van der Waals surface area contributed by atoms with E-state index in [1.165, 1.54) is 0 Å². The minimum absolute atomic E-state index is 0.345. The number of nitrogens with zero attached hydrogens (tertiary/aromatic N) is 2. The lowest BCUT2D eigenvalue weighted by Gasteiger charge is -2.33. The Morgan fingerprint density at radius 3 is 3.12 bits per heavy atom. The minimum Gasteiger partial charge on any atom is -0.397 e. The van der Waals surface area contributed by atoms with Gasteiger partial charge in [0.05, 0.1) is 18.0 Å². The normalized spacial score (nSPS) is 21.1. The Bertz CT molecular complexity index is 324. The fourth-order valence-electron chi connectivity index (χ4n) is 2.10. The van der Waals surface area contributed by atoms with E-state index in [9.17, 15) is 0 Å². The zero-order valence-corrected chi connectivity index (χ0v) is 9.72. The fourth-order valence-corrected chi connectivity index (χ4v) is 2.10. The molecule has 1 unspecified atom stereocenters. The number of piperidine rings is 1. The van der Waals surface area contributed by atoms with Crippen molar-refractivity contribution < 1.29 is 4.74 Å². The monoisotopic (exact) mass is 221 g/mol. The summed E-state index contributed by atoms with van der Waals surface area (Å²) in [5, 5.41) is 0. The highest BCUT2D eigenvalue weighted by Crippen LogP contribution is 2.19. The van der Waals surface area contributed by atoms with Crippen LogP contribution in [0.3, 0.4) is 0 Å². The molecule has 1 aliphatic rings. The molecule has 2 N–H and O–H groups in total. The first kappa shape index (κ1) is 11.2. The van der Waals surface area contributed by atoms with Gasteiger partial charge in [0.25, 0.3) is 0 Å². The maximum absolute atomic E-state index is 5.66. The first-order valence-corrected chi connectivity index (χ1v) is 5.87. The van der Waals surface area contributed by atoms with Gasteiger partial charge in [0, 0.05) is 19.7 Å². The molecule has 0 aliphatic carbocycles. The summed E-state index contributed by atoms with van der Waals surface area (Å²) in [5.74, 6) is 0.999. The van der Waals surface area contributed by atoms with Crippen molar-refractivity contribution in [1.82, 2.24) is 4.98 Å². The molecule has 1 atom stereocenters. The van der Waals surface area contributed by atoms with Gasteiger partial charge in [0.15, 0.2) is 0 Å². The summed E-state index contributed by atoms with van der Waals surface area (Å²) in [6, 6.07) is 3.87. The van der Waals surface area contributed by atoms with Crippen molar-refractivity contribution in [3.63, 3.8) is 0 Å². The number of aromatic nitrogens is 1. The van der Waals surface area contributed by atoms with E-state index in [0.717, 1.165) is 38.4 Å². The molecule has 0 saturated carbocycles. The highest BCUT2D eigenvalue weighted by Gasteiger charge is 2.20. The maximum atomic E-state index is 5.66. The van der Waals surface area contributed by atoms with Crippen molar-refractivity contribution in [1.29, 1.82) is 0 Å². The van der Waals surface area contributed by atoms with Crippen molar-refractivity contribution >= 4 is 11.5 Å². The molecule has 2 heterocycles. The molecule has 2 rings (SSSR count). The van der Waals surface area contributed by atoms with Crippen LogP contribution in [0, 0.1) is 0 Å². The number of hydrogen-bond acceptors (Lipinski definition) is 4. The molecular formula is C12H19N3O. The van der Waals surface area contributed by atoms with Crippen molar-refractivity contribution in [2.45, 2.75) is 25.9 Å². The lowest BCUT2D eigenvalue weighted by atomic mass is 10.1. The van der Waals surface area contributed by atoms with Crippen LogP contribution in [0.15, 0.2) is 18.3 Å². The molecule has 1 aromatic heterocycles. The lowest BCUT2D eigenvalue weighted by molar-refractivity contribution is 0.0525. The van der Waals surface area contributed by atoms with Crippen LogP contribution in [0.25, 0.3) is 0 Å². The number of hydrogen-bond donors (Lipinski definition) is 1. The SMILES string of the molecule is CCOC1CCCN(c2ccc(N)cn2)C1. The Labute approximate surface area is 96.4 Å². The van der Waals surface area contributed by atoms with E-state index in [2.05, 4.69) is 9.88 Å². The highest BCUT2D eigenvalue weighted by molar-refractivity contribution is 5.46. The van der Waals surface area contributed by atoms with Gasteiger partial charge in [0.1, 0.15) is 5.82 Å². The van der Waals surface area contributed by atoms with E-state index < -0.39 is 0 Å². The molecule has 0 spiro atoms. The average molecular weight is 221 g/mol. The first-order valence-electron chi connectivity index (χ1n) is 5.87. The second-order valence-corrected chi connectivity index (χ2v) is 4.12. The van der Waals surface area contributed by atoms with E-state index >= 15 is 0 Å². The van der Waals surface area contributed by atoms with E-state index in [4.69, 9.17) is 10.5 Å². The van der Waals surface area contributed by atoms with E-state index in [1.807, 2.05) is 19.1 Å². The number of rotatable bonds is 3. The smallest absolute Gasteiger partial charge is 0.128 e. The van der Waals surface area contributed by atoms with Gasteiger partial charge >= 0.3 is 0 Å². The molecule has 0 amide bonds. The number of nitrogen functional groups attached to an aromatic ring is 1. The van der Waals surface area contributed by atoms with Gasteiger partial charge < -0.3 is 15.4 Å². The third-order valence-electron chi connectivity index (χ3n) is 2.88. The van der Waals surface area contributed by atoms with Crippen LogP contribution in [0.4, 0.5) is 11.5 Å². The number of ether oxygens (including phenoxy) is 1. The van der Waals surface area contributed by atoms with Gasteiger partial charge in [-0.25, -0.2) is 4.98 Å². The molecule has 1 aromatic rings. The largest absolute Gasteiger partial charge is 0.397 e. The summed E-state index contributed by atoms with van der Waals surface area (Å²) in [6.07, 6.45) is 4.37. The first-order chi connectivity index (χ1) is 7.79. The molecular weight excluding hydrogens is 202 g/mol. The van der Waals surface area contributed by atoms with Gasteiger partial charge in [-0.15, -0.1) is 0 Å². The Hall–Kier alpha value is -1.29. The van der Waals surface area contributed by atoms with E-state index in [0.29, 0.717) is 11.8 Å². The predicted octanol–water partition coefficient (Wildman–Crippen LogP) is 1.67. The fraction of sp³-hybridized carbons (Fsp3) is 0.583. The van der Waals surface area contributed by atoms with Crippen molar-refractivity contribution in [2.75, 3.05) is 30.3 Å². The maximum Gasteiger partial charge on any atom is 0.128 e. The van der Waals surface area contributed by atoms with Crippen molar-refractivity contribution in [3.05, 3.63) is 18.3 Å². The Morgan fingerprint density at radius 1 is 1.56 bits per heavy atom. The summed E-state index contributed by atoms with van der Waals surface area (Å²) in [4.78, 5) is 6.61. The second kappa shape index (κ2) is 5.16. The molecule has 0 bridgehead atoms. The van der Waals surface area contributed by atoms with Gasteiger partial charge in [-0.3, -0.25) is 0 Å². The van der Waals surface area contributed by atoms with Crippen LogP contribution in [0.1, 0.15) is 19.8 Å². The topological polar surface area (TPSA) is 51.4 Å². The zero-order valence-electron chi connectivity index (χ0n) is 9.72. The van der Waals surface area contributed by atoms with Gasteiger partial charge in [-0.1, -0.05) is 0 Å². The Balaban J connectivity index is 2.01. The van der Waals surface area contributed by atoms with E-state index in [1.54, 1.807) is 6.20 Å². The molecule has 1 saturated heterocycles. The summed E-state index contributed by atoms with van der Waals surface area (Å²) >= 11 is 0. The van der Waals surface area contributed by atoms with Crippen LogP contribution < -0.4 is 10.6 Å². The minimum atomic E-state index is 0.345. The molecule has 0 aromatic carbocycles. The number of nitrogens with two attached hydrogens (primary N) is 1. The van der Waals surface area contributed by atoms with Crippen LogP contribution >= 0.6 is 0 Å². The third-order valence-corrected chi connectivity index (χ3v) is 2.88. The third kappa shape index (κ3) is 2.64. The standard InChI is InChI=1S/C12H19N3O/c1-2-16-11-4-3-7-15(9-11)12-6-5-10(13)8-14-12/h5-6,8,11H,2-4,7,9,13H2,1H3. The summed E-state index contributed by atoms with van der Waals surface area (Å²) < 4.78 is 5.66. The van der Waals surface area contributed by atoms with Crippen molar-refractivity contribution in [3.8, 4) is 0 Å². The van der Waals surface area contributed by atoms with Crippen LogP contribution in [0.2, 0.25) is 0 Å². The van der Waals surface area contributed by atoms with Crippen LogP contribution in [-0.4, -0.2) is 30.8 Å². The molecule has 88 valence electrons. The van der Waals surface area contributed by atoms with Gasteiger partial charge in [-0.05, 0) is 31.9 Å². The molecule has 1 fully saturated rings. The van der Waals surface area contributed by atoms with Crippen molar-refractivity contribution in [2.24, 2.45) is 0 Å². The lowest BCUT2D eigenvalue weighted by Crippen LogP contribution is -2.40. The molecule has 0 radical (unpaired) electrons. The second-order valence-electron chi connectivity index (χ2n) is 4.12. The number of pyridine rings is 1. The van der Waals surface area contributed by atoms with Crippen LogP contribution in [-0.2, 0) is 4.74 Å². The molecule has 4 nitrogen and oxygen atoms in total. The zero-order chi connectivity index (χ0) is 11.4. The van der Waals surface area contributed by atoms with Gasteiger partial charge in [-0.2, -0.15) is 0 Å². The highest BCUT2D eigenvalue weighted by atomic mass is 16.5. The Kier molecular flexibility index (Phi) is 3.62. The molecule has 1 aliphatic heterocycles. The van der Waals surface area contributed by atoms with Crippen LogP contribution in [0.5, 0.6) is 0 Å². The quantitative estimate of drug-likeness (QED) is 0.843. The van der Waals surface area contributed by atoms with E-state index in [-0.39, 0.29) is 0 Å².